The van der Waals surface area contributed by atoms with Crippen molar-refractivity contribution in [2.45, 2.75) is 57.0 Å². The highest BCUT2D eigenvalue weighted by atomic mass is 16.4. The van der Waals surface area contributed by atoms with Crippen molar-refractivity contribution >= 4 is 5.97 Å². The van der Waals surface area contributed by atoms with Crippen LogP contribution in [0.25, 0.3) is 0 Å². The van der Waals surface area contributed by atoms with Gasteiger partial charge in [0.1, 0.15) is 5.54 Å². The van der Waals surface area contributed by atoms with E-state index in [-0.39, 0.29) is 0 Å². The Balaban J connectivity index is 1.86. The van der Waals surface area contributed by atoms with Crippen LogP contribution < -0.4 is 5.73 Å². The van der Waals surface area contributed by atoms with E-state index in [0.717, 1.165) is 19.0 Å². The number of likely N-dealkylation sites (tertiary alicyclic amines) is 1. The third kappa shape index (κ3) is 2.80. The molecule has 4 nitrogen and oxygen atoms in total. The van der Waals surface area contributed by atoms with Crippen molar-refractivity contribution in [1.29, 1.82) is 0 Å². The van der Waals surface area contributed by atoms with Gasteiger partial charge in [0.15, 0.2) is 0 Å². The van der Waals surface area contributed by atoms with Gasteiger partial charge in [-0.1, -0.05) is 12.8 Å². The molecule has 0 bridgehead atoms. The Labute approximate surface area is 103 Å². The number of nitrogens with zero attached hydrogens (tertiary/aromatic N) is 1. The average molecular weight is 240 g/mol. The molecule has 17 heavy (non-hydrogen) atoms. The van der Waals surface area contributed by atoms with Gasteiger partial charge in [-0.3, -0.25) is 4.79 Å². The van der Waals surface area contributed by atoms with E-state index in [4.69, 9.17) is 10.8 Å². The fourth-order valence-corrected chi connectivity index (χ4v) is 3.26. The molecule has 0 amide bonds. The molecule has 2 rings (SSSR count). The lowest BCUT2D eigenvalue weighted by Gasteiger charge is -2.33. The first-order chi connectivity index (χ1) is 8.00. The highest BCUT2D eigenvalue weighted by Crippen LogP contribution is 2.36. The first-order valence-corrected chi connectivity index (χ1v) is 6.77. The maximum Gasteiger partial charge on any atom is 0.323 e. The van der Waals surface area contributed by atoms with Crippen molar-refractivity contribution in [3.63, 3.8) is 0 Å². The molecule has 0 aromatic rings. The first-order valence-electron chi connectivity index (χ1n) is 6.77. The van der Waals surface area contributed by atoms with Gasteiger partial charge in [0.05, 0.1) is 0 Å². The summed E-state index contributed by atoms with van der Waals surface area (Å²) in [7, 11) is 0. The molecule has 3 atom stereocenters. The molecule has 2 aliphatic rings. The fraction of sp³-hybridized carbons (Fsp3) is 0.923. The van der Waals surface area contributed by atoms with Crippen molar-refractivity contribution in [3.8, 4) is 0 Å². The molecular formula is C13H24N2O2. The molecule has 1 heterocycles. The van der Waals surface area contributed by atoms with Crippen LogP contribution in [0, 0.1) is 5.92 Å². The molecule has 98 valence electrons. The number of rotatable bonds is 4. The molecule has 0 aromatic heterocycles. The minimum absolute atomic E-state index is 0.547. The standard InChI is InChI=1S/C13H24N2O2/c1-13(14,12(16)17)7-9-15-8-6-10-4-2-3-5-11(10)15/h10-11H,2-9,14H2,1H3,(H,16,17). The molecule has 1 aliphatic carbocycles. The van der Waals surface area contributed by atoms with Gasteiger partial charge in [-0.25, -0.2) is 0 Å². The van der Waals surface area contributed by atoms with E-state index in [1.54, 1.807) is 6.92 Å². The van der Waals surface area contributed by atoms with Gasteiger partial charge in [0.2, 0.25) is 0 Å². The Kier molecular flexibility index (Phi) is 3.73. The lowest BCUT2D eigenvalue weighted by atomic mass is 9.85. The molecule has 0 aromatic carbocycles. The zero-order valence-electron chi connectivity index (χ0n) is 10.7. The largest absolute Gasteiger partial charge is 0.480 e. The third-order valence-corrected chi connectivity index (χ3v) is 4.53. The van der Waals surface area contributed by atoms with E-state index < -0.39 is 11.5 Å². The first kappa shape index (κ1) is 12.8. The summed E-state index contributed by atoms with van der Waals surface area (Å²) in [5, 5.41) is 9.00. The zero-order valence-corrected chi connectivity index (χ0v) is 10.7. The van der Waals surface area contributed by atoms with Gasteiger partial charge in [-0.2, -0.15) is 0 Å². The average Bonchev–Trinajstić information content (AvgIpc) is 2.69. The summed E-state index contributed by atoms with van der Waals surface area (Å²) in [5.74, 6) is -0.0329. The van der Waals surface area contributed by atoms with Gasteiger partial charge < -0.3 is 15.7 Å². The highest BCUT2D eigenvalue weighted by molar-refractivity contribution is 5.77. The highest BCUT2D eigenvalue weighted by Gasteiger charge is 2.37. The molecule has 0 radical (unpaired) electrons. The van der Waals surface area contributed by atoms with Gasteiger partial charge in [-0.15, -0.1) is 0 Å². The lowest BCUT2D eigenvalue weighted by Crippen LogP contribution is -2.48. The molecule has 1 saturated heterocycles. The summed E-state index contributed by atoms with van der Waals surface area (Å²) in [6.45, 7) is 3.58. The summed E-state index contributed by atoms with van der Waals surface area (Å²) in [6, 6.07) is 0.702. The topological polar surface area (TPSA) is 66.6 Å². The Morgan fingerprint density at radius 2 is 2.12 bits per heavy atom. The van der Waals surface area contributed by atoms with E-state index in [1.807, 2.05) is 0 Å². The van der Waals surface area contributed by atoms with Crippen LogP contribution in [-0.4, -0.2) is 40.6 Å². The number of fused-ring (bicyclic) bond motifs is 1. The van der Waals surface area contributed by atoms with Crippen LogP contribution in [-0.2, 0) is 4.79 Å². The minimum atomic E-state index is -1.08. The summed E-state index contributed by atoms with van der Waals surface area (Å²) in [6.07, 6.45) is 7.19. The molecular weight excluding hydrogens is 216 g/mol. The van der Waals surface area contributed by atoms with Gasteiger partial charge in [-0.05, 0) is 45.1 Å². The number of aliphatic carboxylic acids is 1. The maximum atomic E-state index is 11.0. The maximum absolute atomic E-state index is 11.0. The lowest BCUT2D eigenvalue weighted by molar-refractivity contribution is -0.143. The van der Waals surface area contributed by atoms with E-state index in [2.05, 4.69) is 4.90 Å². The number of carboxylic acid groups (broad SMARTS) is 1. The van der Waals surface area contributed by atoms with Crippen LogP contribution in [0.4, 0.5) is 0 Å². The van der Waals surface area contributed by atoms with Crippen molar-refractivity contribution < 1.29 is 9.90 Å². The van der Waals surface area contributed by atoms with Crippen LogP contribution in [0.3, 0.4) is 0 Å². The Bertz CT molecular complexity index is 291. The van der Waals surface area contributed by atoms with Gasteiger partial charge in [0.25, 0.3) is 0 Å². The van der Waals surface area contributed by atoms with Crippen molar-refractivity contribution in [2.75, 3.05) is 13.1 Å². The predicted octanol–water partition coefficient (Wildman–Crippen LogP) is 1.44. The normalized spacial score (nSPS) is 33.1. The number of hydrogen-bond acceptors (Lipinski definition) is 3. The van der Waals surface area contributed by atoms with Crippen molar-refractivity contribution in [2.24, 2.45) is 11.7 Å². The second kappa shape index (κ2) is 4.94. The second-order valence-corrected chi connectivity index (χ2v) is 5.91. The second-order valence-electron chi connectivity index (χ2n) is 5.91. The molecule has 1 aliphatic heterocycles. The Morgan fingerprint density at radius 1 is 1.41 bits per heavy atom. The van der Waals surface area contributed by atoms with Crippen LogP contribution in [0.1, 0.15) is 45.4 Å². The Hall–Kier alpha value is -0.610. The van der Waals surface area contributed by atoms with E-state index in [1.165, 1.54) is 32.1 Å². The van der Waals surface area contributed by atoms with Crippen LogP contribution in [0.2, 0.25) is 0 Å². The molecule has 2 fully saturated rings. The van der Waals surface area contributed by atoms with Crippen LogP contribution >= 0.6 is 0 Å². The van der Waals surface area contributed by atoms with E-state index >= 15 is 0 Å². The number of carbonyl (C=O) groups is 1. The molecule has 3 N–H and O–H groups in total. The molecule has 4 heteroatoms. The smallest absolute Gasteiger partial charge is 0.323 e. The molecule has 1 saturated carbocycles. The summed E-state index contributed by atoms with van der Waals surface area (Å²) < 4.78 is 0. The zero-order chi connectivity index (χ0) is 12.5. The summed E-state index contributed by atoms with van der Waals surface area (Å²) >= 11 is 0. The molecule has 0 spiro atoms. The van der Waals surface area contributed by atoms with E-state index in [0.29, 0.717) is 12.5 Å². The molecule has 3 unspecified atom stereocenters. The summed E-state index contributed by atoms with van der Waals surface area (Å²) in [4.78, 5) is 13.4. The monoisotopic (exact) mass is 240 g/mol. The Morgan fingerprint density at radius 3 is 2.82 bits per heavy atom. The van der Waals surface area contributed by atoms with Gasteiger partial charge >= 0.3 is 5.97 Å². The number of hydrogen-bond donors (Lipinski definition) is 2. The fourth-order valence-electron chi connectivity index (χ4n) is 3.26. The third-order valence-electron chi connectivity index (χ3n) is 4.53. The quantitative estimate of drug-likeness (QED) is 0.780. The SMILES string of the molecule is CC(N)(CCN1CCC2CCCCC21)C(=O)O. The van der Waals surface area contributed by atoms with Crippen LogP contribution in [0.15, 0.2) is 0 Å². The van der Waals surface area contributed by atoms with E-state index in [9.17, 15) is 4.79 Å². The van der Waals surface area contributed by atoms with Gasteiger partial charge in [0, 0.05) is 12.6 Å². The van der Waals surface area contributed by atoms with Crippen molar-refractivity contribution in [1.82, 2.24) is 4.90 Å². The minimum Gasteiger partial charge on any atom is -0.480 e. The summed E-state index contributed by atoms with van der Waals surface area (Å²) in [5.41, 5.74) is 4.70. The predicted molar refractivity (Wildman–Crippen MR) is 66.8 cm³/mol. The number of nitrogens with two attached hydrogens (primary N) is 1. The van der Waals surface area contributed by atoms with Crippen molar-refractivity contribution in [3.05, 3.63) is 0 Å². The number of carboxylic acids is 1. The van der Waals surface area contributed by atoms with Crippen LogP contribution in [0.5, 0.6) is 0 Å².